The standard InChI is InChI=1S/C14H9Cl3N2OS2/c15-9-6-11(17)12(7-10(9)16)18-14(21)19-13(20)4-3-8-2-1-5-22-8/h1-7H,(H2,18,19,20,21)/b4-3+. The second-order valence-corrected chi connectivity index (χ2v) is 6.65. The molecule has 0 spiro atoms. The van der Waals surface area contributed by atoms with Crippen LogP contribution in [0.25, 0.3) is 6.08 Å². The van der Waals surface area contributed by atoms with Gasteiger partial charge in [-0.1, -0.05) is 40.9 Å². The Labute approximate surface area is 151 Å². The highest BCUT2D eigenvalue weighted by atomic mass is 35.5. The summed E-state index contributed by atoms with van der Waals surface area (Å²) in [4.78, 5) is 12.7. The van der Waals surface area contributed by atoms with Gasteiger partial charge in [-0.15, -0.1) is 11.3 Å². The summed E-state index contributed by atoms with van der Waals surface area (Å²) in [6.45, 7) is 0. The largest absolute Gasteiger partial charge is 0.331 e. The molecule has 0 aliphatic heterocycles. The van der Waals surface area contributed by atoms with E-state index in [-0.39, 0.29) is 11.0 Å². The zero-order chi connectivity index (χ0) is 16.1. The van der Waals surface area contributed by atoms with E-state index >= 15 is 0 Å². The number of nitrogens with one attached hydrogen (secondary N) is 2. The average Bonchev–Trinajstić information content (AvgIpc) is 2.95. The van der Waals surface area contributed by atoms with Gasteiger partial charge in [0, 0.05) is 11.0 Å². The molecular formula is C14H9Cl3N2OS2. The summed E-state index contributed by atoms with van der Waals surface area (Å²) >= 11 is 24.4. The Bertz CT molecular complexity index is 730. The van der Waals surface area contributed by atoms with E-state index in [1.165, 1.54) is 29.5 Å². The Morgan fingerprint density at radius 1 is 1.18 bits per heavy atom. The maximum Gasteiger partial charge on any atom is 0.250 e. The Morgan fingerprint density at radius 2 is 1.91 bits per heavy atom. The van der Waals surface area contributed by atoms with Crippen LogP contribution in [-0.4, -0.2) is 11.0 Å². The quantitative estimate of drug-likeness (QED) is 0.427. The van der Waals surface area contributed by atoms with Crippen molar-refractivity contribution in [1.82, 2.24) is 5.32 Å². The minimum absolute atomic E-state index is 0.112. The molecule has 0 saturated heterocycles. The predicted molar refractivity (Wildman–Crippen MR) is 99.2 cm³/mol. The van der Waals surface area contributed by atoms with E-state index in [4.69, 9.17) is 47.0 Å². The van der Waals surface area contributed by atoms with Gasteiger partial charge in [0.15, 0.2) is 5.11 Å². The molecule has 2 N–H and O–H groups in total. The molecule has 2 rings (SSSR count). The molecule has 0 aliphatic rings. The first-order valence-electron chi connectivity index (χ1n) is 5.94. The van der Waals surface area contributed by atoms with Gasteiger partial charge in [0.25, 0.3) is 0 Å². The number of thiocarbonyl (C=S) groups is 1. The highest BCUT2D eigenvalue weighted by molar-refractivity contribution is 7.80. The van der Waals surface area contributed by atoms with E-state index in [0.29, 0.717) is 20.8 Å². The summed E-state index contributed by atoms with van der Waals surface area (Å²) < 4.78 is 0. The van der Waals surface area contributed by atoms with Crippen LogP contribution in [0.1, 0.15) is 4.88 Å². The third-order valence-corrected chi connectivity index (χ3v) is 4.51. The number of thiophene rings is 1. The molecule has 0 unspecified atom stereocenters. The summed E-state index contributed by atoms with van der Waals surface area (Å²) in [6, 6.07) is 6.84. The summed E-state index contributed by atoms with van der Waals surface area (Å²) in [5, 5.41) is 8.37. The Morgan fingerprint density at radius 3 is 2.59 bits per heavy atom. The average molecular weight is 392 g/mol. The van der Waals surface area contributed by atoms with Crippen molar-refractivity contribution in [1.29, 1.82) is 0 Å². The van der Waals surface area contributed by atoms with Crippen molar-refractivity contribution in [3.8, 4) is 0 Å². The zero-order valence-corrected chi connectivity index (χ0v) is 14.8. The maximum atomic E-state index is 11.7. The van der Waals surface area contributed by atoms with Gasteiger partial charge in [-0.2, -0.15) is 0 Å². The topological polar surface area (TPSA) is 41.1 Å². The van der Waals surface area contributed by atoms with Gasteiger partial charge in [-0.25, -0.2) is 0 Å². The van der Waals surface area contributed by atoms with Crippen LogP contribution in [0, 0.1) is 0 Å². The number of anilines is 1. The number of hydrogen-bond acceptors (Lipinski definition) is 3. The van der Waals surface area contributed by atoms with E-state index in [1.54, 1.807) is 6.08 Å². The van der Waals surface area contributed by atoms with Crippen LogP contribution >= 0.6 is 58.4 Å². The van der Waals surface area contributed by atoms with Crippen molar-refractivity contribution >= 4 is 81.1 Å². The number of carbonyl (C=O) groups is 1. The fourth-order valence-electron chi connectivity index (χ4n) is 1.47. The highest BCUT2D eigenvalue weighted by Gasteiger charge is 2.08. The smallest absolute Gasteiger partial charge is 0.250 e. The lowest BCUT2D eigenvalue weighted by molar-refractivity contribution is -0.115. The van der Waals surface area contributed by atoms with Gasteiger partial charge in [0.2, 0.25) is 5.91 Å². The second kappa shape index (κ2) is 7.94. The molecule has 114 valence electrons. The first-order chi connectivity index (χ1) is 10.5. The van der Waals surface area contributed by atoms with Gasteiger partial charge in [-0.3, -0.25) is 10.1 Å². The van der Waals surface area contributed by atoms with Crippen LogP contribution < -0.4 is 10.6 Å². The van der Waals surface area contributed by atoms with E-state index in [0.717, 1.165) is 4.88 Å². The van der Waals surface area contributed by atoms with Crippen LogP contribution in [0.3, 0.4) is 0 Å². The zero-order valence-electron chi connectivity index (χ0n) is 10.9. The molecule has 1 amide bonds. The van der Waals surface area contributed by atoms with Crippen LogP contribution in [-0.2, 0) is 4.79 Å². The normalized spacial score (nSPS) is 10.7. The predicted octanol–water partition coefficient (Wildman–Crippen LogP) is 5.23. The highest BCUT2D eigenvalue weighted by Crippen LogP contribution is 2.32. The van der Waals surface area contributed by atoms with Crippen molar-refractivity contribution in [2.75, 3.05) is 5.32 Å². The minimum Gasteiger partial charge on any atom is -0.331 e. The van der Waals surface area contributed by atoms with Crippen LogP contribution in [0.2, 0.25) is 15.1 Å². The molecule has 0 fully saturated rings. The molecule has 8 heteroatoms. The number of rotatable bonds is 3. The second-order valence-electron chi connectivity index (χ2n) is 4.04. The molecule has 2 aromatic rings. The molecule has 0 bridgehead atoms. The van der Waals surface area contributed by atoms with Crippen molar-refractivity contribution in [3.05, 3.63) is 55.7 Å². The van der Waals surface area contributed by atoms with Crippen molar-refractivity contribution < 1.29 is 4.79 Å². The number of halogens is 3. The van der Waals surface area contributed by atoms with E-state index in [1.807, 2.05) is 17.5 Å². The molecular weight excluding hydrogens is 383 g/mol. The van der Waals surface area contributed by atoms with E-state index in [9.17, 15) is 4.79 Å². The summed E-state index contributed by atoms with van der Waals surface area (Å²) in [7, 11) is 0. The molecule has 0 atom stereocenters. The lowest BCUT2D eigenvalue weighted by atomic mass is 10.3. The molecule has 3 nitrogen and oxygen atoms in total. The van der Waals surface area contributed by atoms with Crippen LogP contribution in [0.15, 0.2) is 35.7 Å². The molecule has 0 saturated carbocycles. The first kappa shape index (κ1) is 17.2. The van der Waals surface area contributed by atoms with Crippen molar-refractivity contribution in [3.63, 3.8) is 0 Å². The number of hydrogen-bond donors (Lipinski definition) is 2. The molecule has 1 aromatic carbocycles. The Balaban J connectivity index is 1.95. The fourth-order valence-corrected chi connectivity index (χ4v) is 2.89. The number of amides is 1. The third-order valence-electron chi connectivity index (χ3n) is 2.44. The molecule has 1 heterocycles. The summed E-state index contributed by atoms with van der Waals surface area (Å²) in [5.41, 5.74) is 0.462. The number of carbonyl (C=O) groups excluding carboxylic acids is 1. The maximum absolute atomic E-state index is 11.7. The lowest BCUT2D eigenvalue weighted by Crippen LogP contribution is -2.32. The number of benzene rings is 1. The Hall–Kier alpha value is -1.11. The summed E-state index contributed by atoms with van der Waals surface area (Å²) in [6.07, 6.45) is 3.10. The molecule has 22 heavy (non-hydrogen) atoms. The van der Waals surface area contributed by atoms with E-state index in [2.05, 4.69) is 10.6 Å². The Kier molecular flexibility index (Phi) is 6.23. The fraction of sp³-hybridized carbons (Fsp3) is 0. The minimum atomic E-state index is -0.345. The molecule has 0 aliphatic carbocycles. The van der Waals surface area contributed by atoms with Gasteiger partial charge in [-0.05, 0) is 41.9 Å². The van der Waals surface area contributed by atoms with Crippen molar-refractivity contribution in [2.24, 2.45) is 0 Å². The monoisotopic (exact) mass is 390 g/mol. The van der Waals surface area contributed by atoms with Crippen LogP contribution in [0.5, 0.6) is 0 Å². The van der Waals surface area contributed by atoms with Gasteiger partial charge >= 0.3 is 0 Å². The summed E-state index contributed by atoms with van der Waals surface area (Å²) in [5.74, 6) is -0.345. The SMILES string of the molecule is O=C(/C=C/c1cccs1)NC(=S)Nc1cc(Cl)c(Cl)cc1Cl. The molecule has 1 aromatic heterocycles. The van der Waals surface area contributed by atoms with Crippen LogP contribution in [0.4, 0.5) is 5.69 Å². The molecule has 0 radical (unpaired) electrons. The first-order valence-corrected chi connectivity index (χ1v) is 8.36. The van der Waals surface area contributed by atoms with Gasteiger partial charge in [0.05, 0.1) is 20.8 Å². The third kappa shape index (κ3) is 4.97. The van der Waals surface area contributed by atoms with Gasteiger partial charge in [0.1, 0.15) is 0 Å². The van der Waals surface area contributed by atoms with Gasteiger partial charge < -0.3 is 5.32 Å². The van der Waals surface area contributed by atoms with Crippen molar-refractivity contribution in [2.45, 2.75) is 0 Å². The lowest BCUT2D eigenvalue weighted by Gasteiger charge is -2.10. The van der Waals surface area contributed by atoms with E-state index < -0.39 is 0 Å².